The van der Waals surface area contributed by atoms with Gasteiger partial charge in [0.15, 0.2) is 10.6 Å². The van der Waals surface area contributed by atoms with Crippen molar-refractivity contribution in [3.05, 3.63) is 22.3 Å². The Balaban J connectivity index is 2.39. The third-order valence-corrected chi connectivity index (χ3v) is 3.57. The monoisotopic (exact) mass is 293 g/mol. The van der Waals surface area contributed by atoms with Gasteiger partial charge in [-0.25, -0.2) is 0 Å². The lowest BCUT2D eigenvalue weighted by molar-refractivity contribution is -0.141. The third kappa shape index (κ3) is 2.81. The second-order valence-electron chi connectivity index (χ2n) is 3.87. The molecule has 0 amide bonds. The zero-order valence-corrected chi connectivity index (χ0v) is 11.0. The average Bonchev–Trinajstić information content (AvgIpc) is 2.82. The minimum absolute atomic E-state index is 0.204. The highest BCUT2D eigenvalue weighted by atomic mass is 32.1. The summed E-state index contributed by atoms with van der Waals surface area (Å²) in [5.41, 5.74) is 0. The Morgan fingerprint density at radius 2 is 2.28 bits per heavy atom. The van der Waals surface area contributed by atoms with Crippen molar-refractivity contribution >= 4 is 23.6 Å². The maximum absolute atomic E-state index is 12.4. The van der Waals surface area contributed by atoms with Crippen LogP contribution in [0.25, 0.3) is 10.7 Å². The normalized spacial score (nSPS) is 13.8. The number of aromatic amines is 1. The van der Waals surface area contributed by atoms with Crippen molar-refractivity contribution in [1.29, 1.82) is 0 Å². The molecule has 0 aliphatic heterocycles. The third-order valence-electron chi connectivity index (χ3n) is 2.41. The molecule has 0 spiro atoms. The second-order valence-corrected chi connectivity index (χ2v) is 5.20. The van der Waals surface area contributed by atoms with Crippen molar-refractivity contribution in [3.63, 3.8) is 0 Å². The van der Waals surface area contributed by atoms with E-state index in [4.69, 9.17) is 12.2 Å². The summed E-state index contributed by atoms with van der Waals surface area (Å²) in [6.07, 6.45) is -5.16. The highest BCUT2D eigenvalue weighted by Gasteiger charge is 2.32. The minimum atomic E-state index is -4.22. The molecule has 0 aliphatic carbocycles. The molecule has 8 heteroatoms. The van der Waals surface area contributed by atoms with E-state index in [2.05, 4.69) is 10.2 Å². The lowest BCUT2D eigenvalue weighted by atomic mass is 10.2. The Morgan fingerprint density at radius 3 is 2.83 bits per heavy atom. The topological polar surface area (TPSA) is 33.6 Å². The molecule has 1 N–H and O–H groups in total. The Hall–Kier alpha value is -1.15. The van der Waals surface area contributed by atoms with Gasteiger partial charge in [-0.2, -0.15) is 18.3 Å². The summed E-state index contributed by atoms with van der Waals surface area (Å²) in [6, 6.07) is 2.83. The number of hydrogen-bond acceptors (Lipinski definition) is 3. The van der Waals surface area contributed by atoms with Crippen molar-refractivity contribution in [3.8, 4) is 10.7 Å². The summed E-state index contributed by atoms with van der Waals surface area (Å²) < 4.78 is 38.9. The van der Waals surface area contributed by atoms with Gasteiger partial charge in [0.1, 0.15) is 0 Å². The van der Waals surface area contributed by atoms with Gasteiger partial charge in [0.25, 0.3) is 0 Å². The van der Waals surface area contributed by atoms with Crippen molar-refractivity contribution in [2.75, 3.05) is 0 Å². The van der Waals surface area contributed by atoms with E-state index in [1.807, 2.05) is 11.4 Å². The first-order valence-electron chi connectivity index (χ1n) is 5.16. The molecule has 2 aromatic heterocycles. The number of hydrogen-bond donors (Lipinski definition) is 1. The van der Waals surface area contributed by atoms with E-state index in [0.717, 1.165) is 4.88 Å². The van der Waals surface area contributed by atoms with E-state index < -0.39 is 18.6 Å². The molecule has 1 atom stereocenters. The van der Waals surface area contributed by atoms with Gasteiger partial charge in [0, 0.05) is 6.04 Å². The summed E-state index contributed by atoms with van der Waals surface area (Å²) in [4.78, 5) is 0.788. The fourth-order valence-electron chi connectivity index (χ4n) is 1.72. The van der Waals surface area contributed by atoms with E-state index in [9.17, 15) is 13.2 Å². The van der Waals surface area contributed by atoms with E-state index in [1.54, 1.807) is 6.07 Å². The molecule has 18 heavy (non-hydrogen) atoms. The van der Waals surface area contributed by atoms with E-state index in [-0.39, 0.29) is 4.77 Å². The first-order chi connectivity index (χ1) is 8.38. The number of rotatable bonds is 3. The molecule has 98 valence electrons. The van der Waals surface area contributed by atoms with Crippen LogP contribution in [-0.4, -0.2) is 20.9 Å². The van der Waals surface area contributed by atoms with Gasteiger partial charge in [-0.1, -0.05) is 6.07 Å². The molecule has 0 saturated carbocycles. The summed E-state index contributed by atoms with van der Waals surface area (Å²) in [5.74, 6) is 0.451. The number of alkyl halides is 3. The van der Waals surface area contributed by atoms with Gasteiger partial charge in [-0.3, -0.25) is 9.67 Å². The fourth-order valence-corrected chi connectivity index (χ4v) is 2.74. The maximum atomic E-state index is 12.4. The molecule has 0 aromatic carbocycles. The van der Waals surface area contributed by atoms with Crippen molar-refractivity contribution < 1.29 is 13.2 Å². The predicted molar refractivity (Wildman–Crippen MR) is 66.1 cm³/mol. The van der Waals surface area contributed by atoms with E-state index in [0.29, 0.717) is 5.82 Å². The standard InChI is InChI=1S/C10H10F3N3S2/c1-6(5-10(11,12)13)16-8(14-15-9(16)17)7-3-2-4-18-7/h2-4,6H,5H2,1H3,(H,15,17). The molecule has 0 fully saturated rings. The largest absolute Gasteiger partial charge is 0.391 e. The van der Waals surface area contributed by atoms with Crippen LogP contribution >= 0.6 is 23.6 Å². The van der Waals surface area contributed by atoms with Gasteiger partial charge in [-0.05, 0) is 30.6 Å². The van der Waals surface area contributed by atoms with Crippen LogP contribution in [0.4, 0.5) is 13.2 Å². The zero-order valence-electron chi connectivity index (χ0n) is 9.36. The molecule has 0 saturated heterocycles. The summed E-state index contributed by atoms with van der Waals surface area (Å²) >= 11 is 6.40. The number of nitrogens with zero attached hydrogens (tertiary/aromatic N) is 2. The van der Waals surface area contributed by atoms with Crippen LogP contribution in [0.3, 0.4) is 0 Å². The molecular weight excluding hydrogens is 283 g/mol. The molecule has 2 heterocycles. The lowest BCUT2D eigenvalue weighted by Gasteiger charge is -2.16. The number of aromatic nitrogens is 3. The Bertz CT molecular complexity index is 568. The van der Waals surface area contributed by atoms with Crippen molar-refractivity contribution in [2.24, 2.45) is 0 Å². The van der Waals surface area contributed by atoms with Crippen molar-refractivity contribution in [2.45, 2.75) is 25.6 Å². The Morgan fingerprint density at radius 1 is 1.56 bits per heavy atom. The quantitative estimate of drug-likeness (QED) is 0.861. The maximum Gasteiger partial charge on any atom is 0.391 e. The summed E-state index contributed by atoms with van der Waals surface area (Å²) in [6.45, 7) is 1.48. The Kier molecular flexibility index (Phi) is 3.58. The van der Waals surface area contributed by atoms with Crippen LogP contribution in [0.5, 0.6) is 0 Å². The highest BCUT2D eigenvalue weighted by Crippen LogP contribution is 2.31. The predicted octanol–water partition coefficient (Wildman–Crippen LogP) is 4.18. The van der Waals surface area contributed by atoms with Crippen LogP contribution < -0.4 is 0 Å². The van der Waals surface area contributed by atoms with Gasteiger partial charge in [0.05, 0.1) is 11.3 Å². The zero-order chi connectivity index (χ0) is 13.3. The van der Waals surface area contributed by atoms with Crippen LogP contribution in [0.1, 0.15) is 19.4 Å². The smallest absolute Gasteiger partial charge is 0.296 e. The second kappa shape index (κ2) is 4.85. The van der Waals surface area contributed by atoms with Crippen LogP contribution in [-0.2, 0) is 0 Å². The summed E-state index contributed by atoms with van der Waals surface area (Å²) in [7, 11) is 0. The number of nitrogens with one attached hydrogen (secondary N) is 1. The molecule has 2 rings (SSSR count). The minimum Gasteiger partial charge on any atom is -0.296 e. The number of halogens is 3. The SMILES string of the molecule is CC(CC(F)(F)F)n1c(-c2cccs2)n[nH]c1=S. The first-order valence-corrected chi connectivity index (χ1v) is 6.45. The molecule has 3 nitrogen and oxygen atoms in total. The van der Waals surface area contributed by atoms with Gasteiger partial charge in [0.2, 0.25) is 0 Å². The molecule has 2 aromatic rings. The molecular formula is C10H10F3N3S2. The number of H-pyrrole nitrogens is 1. The number of thiophene rings is 1. The van der Waals surface area contributed by atoms with Crippen LogP contribution in [0.2, 0.25) is 0 Å². The molecule has 0 bridgehead atoms. The van der Waals surface area contributed by atoms with Gasteiger partial charge in [-0.15, -0.1) is 11.3 Å². The van der Waals surface area contributed by atoms with Gasteiger partial charge >= 0.3 is 6.18 Å². The molecule has 0 radical (unpaired) electrons. The first kappa shape index (κ1) is 13.3. The lowest BCUT2D eigenvalue weighted by Crippen LogP contribution is -2.17. The van der Waals surface area contributed by atoms with Gasteiger partial charge < -0.3 is 0 Å². The molecule has 1 unspecified atom stereocenters. The van der Waals surface area contributed by atoms with Crippen molar-refractivity contribution in [1.82, 2.24) is 14.8 Å². The van der Waals surface area contributed by atoms with E-state index >= 15 is 0 Å². The fraction of sp³-hybridized carbons (Fsp3) is 0.400. The van der Waals surface area contributed by atoms with Crippen LogP contribution in [0, 0.1) is 4.77 Å². The van der Waals surface area contributed by atoms with Crippen LogP contribution in [0.15, 0.2) is 17.5 Å². The van der Waals surface area contributed by atoms with E-state index in [1.165, 1.54) is 22.8 Å². The average molecular weight is 293 g/mol. The highest BCUT2D eigenvalue weighted by molar-refractivity contribution is 7.71. The summed E-state index contributed by atoms with van der Waals surface area (Å²) in [5, 5.41) is 8.38. The Labute approximate surface area is 110 Å². The molecule has 0 aliphatic rings.